The van der Waals surface area contributed by atoms with Gasteiger partial charge in [0.2, 0.25) is 12.7 Å². The summed E-state index contributed by atoms with van der Waals surface area (Å²) in [6.45, 7) is -0.395. The summed E-state index contributed by atoms with van der Waals surface area (Å²) in [5, 5.41) is 14.0. The first-order valence-corrected chi connectivity index (χ1v) is 4.86. The molecule has 0 amide bonds. The number of nitrogens with zero attached hydrogens (tertiary/aromatic N) is 1. The van der Waals surface area contributed by atoms with Crippen LogP contribution in [0.3, 0.4) is 0 Å². The monoisotopic (exact) mass is 238 g/mol. The number of carboxylic acids is 1. The van der Waals surface area contributed by atoms with Crippen LogP contribution in [-0.2, 0) is 11.3 Å². The summed E-state index contributed by atoms with van der Waals surface area (Å²) in [5.41, 5.74) is 0.232. The van der Waals surface area contributed by atoms with Crippen LogP contribution in [0.5, 0.6) is 0 Å². The molecule has 0 aliphatic carbocycles. The molecule has 0 aliphatic rings. The molecule has 2 aromatic rings. The molecule has 0 saturated heterocycles. The van der Waals surface area contributed by atoms with Crippen LogP contribution in [0, 0.1) is 0 Å². The zero-order valence-corrected chi connectivity index (χ0v) is 8.82. The van der Waals surface area contributed by atoms with E-state index in [0.717, 1.165) is 10.9 Å². The van der Waals surface area contributed by atoms with E-state index >= 15 is 0 Å². The van der Waals surface area contributed by atoms with Crippen LogP contribution in [-0.4, -0.2) is 11.1 Å². The van der Waals surface area contributed by atoms with Gasteiger partial charge in [0.05, 0.1) is 5.39 Å². The smallest absolute Gasteiger partial charge is 0.253 e. The van der Waals surface area contributed by atoms with Crippen LogP contribution in [0.1, 0.15) is 0 Å². The topological polar surface area (TPSA) is 76.9 Å². The Morgan fingerprint density at radius 1 is 1.50 bits per heavy atom. The molecule has 0 aliphatic heterocycles. The number of benzene rings is 1. The Morgan fingerprint density at radius 2 is 2.25 bits per heavy atom. The summed E-state index contributed by atoms with van der Waals surface area (Å²) in [5.74, 6) is -1.27. The zero-order valence-electron chi connectivity index (χ0n) is 8.07. The first-order valence-electron chi connectivity index (χ1n) is 4.48. The summed E-state index contributed by atoms with van der Waals surface area (Å²) in [6, 6.07) is 4.76. The average Bonchev–Trinajstić information content (AvgIpc) is 2.18. The number of carbonyl (C=O) groups is 1. The van der Waals surface area contributed by atoms with Gasteiger partial charge in [-0.3, -0.25) is 4.79 Å². The van der Waals surface area contributed by atoms with E-state index in [2.05, 4.69) is 5.10 Å². The molecule has 0 radical (unpaired) electrons. The van der Waals surface area contributed by atoms with E-state index in [4.69, 9.17) is 11.6 Å². The van der Waals surface area contributed by atoms with Gasteiger partial charge in [0.25, 0.3) is 5.43 Å². The van der Waals surface area contributed by atoms with Crippen LogP contribution in [0.15, 0.2) is 29.2 Å². The van der Waals surface area contributed by atoms with Crippen molar-refractivity contribution >= 4 is 28.5 Å². The fraction of sp³-hybridized carbons (Fsp3) is 0.100. The van der Waals surface area contributed by atoms with Gasteiger partial charge in [-0.2, -0.15) is 5.10 Å². The van der Waals surface area contributed by atoms with E-state index in [1.54, 1.807) is 12.1 Å². The van der Waals surface area contributed by atoms with Crippen molar-refractivity contribution in [3.63, 3.8) is 0 Å². The van der Waals surface area contributed by atoms with Crippen molar-refractivity contribution < 1.29 is 14.6 Å². The molecular weight excluding hydrogens is 232 g/mol. The highest BCUT2D eigenvalue weighted by Crippen LogP contribution is 2.12. The van der Waals surface area contributed by atoms with Gasteiger partial charge in [0.1, 0.15) is 11.5 Å². The Kier molecular flexibility index (Phi) is 2.62. The Morgan fingerprint density at radius 3 is 2.94 bits per heavy atom. The van der Waals surface area contributed by atoms with E-state index < -0.39 is 12.5 Å². The maximum absolute atomic E-state index is 11.6. The van der Waals surface area contributed by atoms with Crippen molar-refractivity contribution in [2.24, 2.45) is 0 Å². The molecule has 1 N–H and O–H groups in total. The first kappa shape index (κ1) is 10.6. The second-order valence-corrected chi connectivity index (χ2v) is 3.73. The third-order valence-electron chi connectivity index (χ3n) is 2.08. The van der Waals surface area contributed by atoms with Crippen molar-refractivity contribution in [2.45, 2.75) is 6.54 Å². The largest absolute Gasteiger partial charge is 0.544 e. The Bertz CT molecular complexity index is 621. The van der Waals surface area contributed by atoms with Crippen molar-refractivity contribution in [1.82, 2.24) is 5.10 Å². The fourth-order valence-electron chi connectivity index (χ4n) is 1.44. The number of carbonyl (C=O) groups excluding carboxylic acids is 1. The molecule has 0 fully saturated rings. The zero-order chi connectivity index (χ0) is 11.7. The number of H-pyrrole nitrogens is 1. The molecule has 1 aromatic heterocycles. The molecule has 1 heterocycles. The molecule has 2 rings (SSSR count). The molecule has 6 heteroatoms. The second kappa shape index (κ2) is 3.94. The Hall–Kier alpha value is -1.88. The van der Waals surface area contributed by atoms with E-state index in [0.29, 0.717) is 15.9 Å². The van der Waals surface area contributed by atoms with Gasteiger partial charge >= 0.3 is 0 Å². The van der Waals surface area contributed by atoms with Crippen LogP contribution in [0.2, 0.25) is 5.02 Å². The first-order chi connectivity index (χ1) is 7.56. The second-order valence-electron chi connectivity index (χ2n) is 3.29. The highest BCUT2D eigenvalue weighted by atomic mass is 35.5. The number of aromatic nitrogens is 2. The van der Waals surface area contributed by atoms with Gasteiger partial charge in [0, 0.05) is 5.02 Å². The number of rotatable bonds is 2. The molecular formula is C10H7ClN2O3. The van der Waals surface area contributed by atoms with Gasteiger partial charge in [-0.25, -0.2) is 0 Å². The van der Waals surface area contributed by atoms with Gasteiger partial charge in [-0.05, 0) is 18.2 Å². The molecule has 82 valence electrons. The minimum Gasteiger partial charge on any atom is -0.544 e. The average molecular weight is 239 g/mol. The van der Waals surface area contributed by atoms with Gasteiger partial charge in [-0.15, -0.1) is 4.68 Å². The fourth-order valence-corrected chi connectivity index (χ4v) is 1.61. The predicted molar refractivity (Wildman–Crippen MR) is 54.8 cm³/mol. The van der Waals surface area contributed by atoms with E-state index in [1.165, 1.54) is 6.07 Å². The van der Waals surface area contributed by atoms with Crippen molar-refractivity contribution in [1.29, 1.82) is 0 Å². The number of carboxylic acid groups (broad SMARTS) is 1. The summed E-state index contributed by atoms with van der Waals surface area (Å²) in [4.78, 5) is 22.0. The standard InChI is InChI=1S/C10H7ClN2O3/c11-6-1-2-8-7(3-6)9(14)4-13(12-8)5-10(15)16/h1-4H,5H2,(H-,12,14,15,16). The third-order valence-corrected chi connectivity index (χ3v) is 2.32. The van der Waals surface area contributed by atoms with Crippen molar-refractivity contribution in [2.75, 3.05) is 0 Å². The lowest BCUT2D eigenvalue weighted by atomic mass is 10.2. The minimum atomic E-state index is -1.27. The van der Waals surface area contributed by atoms with Crippen LogP contribution in [0.4, 0.5) is 0 Å². The van der Waals surface area contributed by atoms with E-state index in [-0.39, 0.29) is 5.43 Å². The number of hydrogen-bond acceptors (Lipinski definition) is 3. The molecule has 1 aromatic carbocycles. The lowest BCUT2D eigenvalue weighted by Gasteiger charge is -2.00. The summed E-state index contributed by atoms with van der Waals surface area (Å²) < 4.78 is 1.16. The number of fused-ring (bicyclic) bond motifs is 1. The lowest BCUT2D eigenvalue weighted by Crippen LogP contribution is -2.48. The quantitative estimate of drug-likeness (QED) is 0.698. The SMILES string of the molecule is O=C([O-])C[n+]1cc(=O)c2cc(Cl)ccc2[nH]1. The van der Waals surface area contributed by atoms with Crippen molar-refractivity contribution in [3.05, 3.63) is 39.6 Å². The highest BCUT2D eigenvalue weighted by Gasteiger charge is 2.08. The molecule has 0 spiro atoms. The normalized spacial score (nSPS) is 10.6. The maximum atomic E-state index is 11.6. The number of halogens is 1. The Balaban J connectivity index is 2.64. The number of nitrogens with one attached hydrogen (secondary N) is 1. The van der Waals surface area contributed by atoms with E-state index in [9.17, 15) is 14.7 Å². The summed E-state index contributed by atoms with van der Waals surface area (Å²) in [7, 11) is 0. The van der Waals surface area contributed by atoms with Gasteiger partial charge in [-0.1, -0.05) is 11.6 Å². The van der Waals surface area contributed by atoms with Crippen molar-refractivity contribution in [3.8, 4) is 0 Å². The van der Waals surface area contributed by atoms with Crippen LogP contribution < -0.4 is 15.2 Å². The molecule has 0 atom stereocenters. The minimum absolute atomic E-state index is 0.294. The molecule has 16 heavy (non-hydrogen) atoms. The molecule has 0 saturated carbocycles. The molecule has 0 bridgehead atoms. The number of aromatic amines is 1. The predicted octanol–water partition coefficient (Wildman–Crippen LogP) is -0.781. The number of aliphatic carboxylic acids is 1. The Labute approximate surface area is 94.9 Å². The summed E-state index contributed by atoms with van der Waals surface area (Å²) in [6.07, 6.45) is 1.16. The van der Waals surface area contributed by atoms with Crippen LogP contribution >= 0.6 is 11.6 Å². The maximum Gasteiger partial charge on any atom is 0.253 e. The van der Waals surface area contributed by atoms with Crippen LogP contribution in [0.25, 0.3) is 10.9 Å². The summed E-state index contributed by atoms with van der Waals surface area (Å²) >= 11 is 5.75. The van der Waals surface area contributed by atoms with E-state index in [1.807, 2.05) is 0 Å². The van der Waals surface area contributed by atoms with Gasteiger partial charge < -0.3 is 9.90 Å². The molecule has 5 nitrogen and oxygen atoms in total. The third kappa shape index (κ3) is 2.04. The van der Waals surface area contributed by atoms with Gasteiger partial charge in [0.15, 0.2) is 0 Å². The lowest BCUT2D eigenvalue weighted by molar-refractivity contribution is -0.745. The highest BCUT2D eigenvalue weighted by molar-refractivity contribution is 6.31. The number of hydrogen-bond donors (Lipinski definition) is 1. The molecule has 0 unspecified atom stereocenters.